The van der Waals surface area contributed by atoms with Crippen LogP contribution in [-0.2, 0) is 0 Å². The van der Waals surface area contributed by atoms with Crippen molar-refractivity contribution in [1.82, 2.24) is 19.9 Å². The van der Waals surface area contributed by atoms with Crippen molar-refractivity contribution >= 4 is 86.1 Å². The third-order valence-electron chi connectivity index (χ3n) is 10.6. The predicted molar refractivity (Wildman–Crippen MR) is 224 cm³/mol. The van der Waals surface area contributed by atoms with Gasteiger partial charge in [0.15, 0.2) is 23.1 Å². The fourth-order valence-corrected chi connectivity index (χ4v) is 9.03. The summed E-state index contributed by atoms with van der Waals surface area (Å²) in [5.41, 5.74) is 6.68. The van der Waals surface area contributed by atoms with Crippen LogP contribution in [0.5, 0.6) is 0 Å². The number of hydrogen-bond donors (Lipinski definition) is 0. The largest absolute Gasteiger partial charge is 0.456 e. The van der Waals surface area contributed by atoms with Gasteiger partial charge in [-0.2, -0.15) is 0 Å². The molecule has 12 rings (SSSR count). The molecule has 0 saturated carbocycles. The zero-order valence-corrected chi connectivity index (χ0v) is 29.8. The highest BCUT2D eigenvalue weighted by molar-refractivity contribution is 7.25. The summed E-state index contributed by atoms with van der Waals surface area (Å²) < 4.78 is 15.5. The van der Waals surface area contributed by atoms with Crippen LogP contribution in [0.1, 0.15) is 0 Å². The Balaban J connectivity index is 1.10. The van der Waals surface area contributed by atoms with Crippen molar-refractivity contribution in [3.8, 4) is 45.6 Å². The lowest BCUT2D eigenvalue weighted by Crippen LogP contribution is -2.00. The Kier molecular flexibility index (Phi) is 6.40. The third kappa shape index (κ3) is 4.73. The molecular weight excluding hydrogens is 697 g/mol. The van der Waals surface area contributed by atoms with E-state index in [1.54, 1.807) is 11.3 Å². The molecule has 0 saturated heterocycles. The van der Waals surface area contributed by atoms with E-state index >= 15 is 0 Å². The topological polar surface area (TPSA) is 77.8 Å². The summed E-state index contributed by atoms with van der Waals surface area (Å²) >= 11 is 1.80. The van der Waals surface area contributed by atoms with Gasteiger partial charge in [-0.15, -0.1) is 11.3 Å². The zero-order valence-electron chi connectivity index (χ0n) is 29.0. The van der Waals surface area contributed by atoms with Crippen molar-refractivity contribution < 1.29 is 8.83 Å². The predicted octanol–water partition coefficient (Wildman–Crippen LogP) is 13.3. The van der Waals surface area contributed by atoms with E-state index in [0.29, 0.717) is 28.9 Å². The molecule has 7 heteroatoms. The second-order valence-electron chi connectivity index (χ2n) is 13.8. The highest BCUT2D eigenvalue weighted by atomic mass is 32.1. The van der Waals surface area contributed by atoms with Crippen LogP contribution in [0, 0.1) is 0 Å². The van der Waals surface area contributed by atoms with E-state index in [-0.39, 0.29) is 0 Å². The first-order valence-electron chi connectivity index (χ1n) is 18.1. The lowest BCUT2D eigenvalue weighted by molar-refractivity contribution is 0.622. The van der Waals surface area contributed by atoms with Gasteiger partial charge in [-0.1, -0.05) is 97.1 Å². The minimum absolute atomic E-state index is 0.575. The number of rotatable bonds is 4. The number of aromatic nitrogens is 4. The van der Waals surface area contributed by atoms with Crippen LogP contribution in [0.25, 0.3) is 120 Å². The van der Waals surface area contributed by atoms with Crippen LogP contribution < -0.4 is 0 Å². The molecular formula is C48H26N4O2S. The number of oxazole rings is 1. The summed E-state index contributed by atoms with van der Waals surface area (Å²) in [4.78, 5) is 20.4. The Morgan fingerprint density at radius 1 is 0.400 bits per heavy atom. The van der Waals surface area contributed by atoms with Crippen LogP contribution in [0.4, 0.5) is 0 Å². The molecule has 0 unspecified atom stereocenters. The molecule has 0 N–H and O–H groups in total. The minimum Gasteiger partial charge on any atom is -0.456 e. The Labute approximate surface area is 317 Å². The molecule has 256 valence electrons. The number of thiophene rings is 1. The Bertz CT molecular complexity index is 3500. The molecule has 0 atom stereocenters. The van der Waals surface area contributed by atoms with Gasteiger partial charge in [0.2, 0.25) is 5.89 Å². The summed E-state index contributed by atoms with van der Waals surface area (Å²) in [6.07, 6.45) is 0. The number of fused-ring (bicyclic) bond motifs is 11. The Morgan fingerprint density at radius 3 is 1.95 bits per heavy atom. The number of furan rings is 1. The first kappa shape index (κ1) is 30.3. The van der Waals surface area contributed by atoms with Crippen molar-refractivity contribution in [2.24, 2.45) is 0 Å². The number of hydrogen-bond acceptors (Lipinski definition) is 7. The normalized spacial score (nSPS) is 12.0. The molecule has 12 aromatic rings. The maximum absolute atomic E-state index is 6.51. The van der Waals surface area contributed by atoms with Gasteiger partial charge >= 0.3 is 0 Å². The fraction of sp³-hybridized carbons (Fsp3) is 0. The summed E-state index contributed by atoms with van der Waals surface area (Å²) in [5, 5.41) is 8.59. The summed E-state index contributed by atoms with van der Waals surface area (Å²) in [6, 6.07) is 54.1. The van der Waals surface area contributed by atoms with Gasteiger partial charge < -0.3 is 8.83 Å². The molecule has 0 fully saturated rings. The van der Waals surface area contributed by atoms with Crippen LogP contribution in [0.3, 0.4) is 0 Å². The standard InChI is InChI=1S/C48H26N4O2S/c1-2-10-29(11-3-1)48-49-37-21-23-39-43(44(37)54-48)42-35-25-30(18-17-28(35)19-22-38(42)53-39)45-50-46(31-20-24-41-36(26-31)33-14-6-7-16-40(33)55-41)52-47(51-45)34-15-8-12-27-9-4-5-13-32(27)34/h1-26H. The molecule has 0 bridgehead atoms. The van der Waals surface area contributed by atoms with Crippen molar-refractivity contribution in [3.63, 3.8) is 0 Å². The van der Waals surface area contributed by atoms with Crippen molar-refractivity contribution in [3.05, 3.63) is 158 Å². The lowest BCUT2D eigenvalue weighted by atomic mass is 10.0. The Hall–Kier alpha value is -7.22. The molecule has 0 amide bonds. The van der Waals surface area contributed by atoms with Crippen LogP contribution in [0.15, 0.2) is 167 Å². The molecule has 0 spiro atoms. The maximum atomic E-state index is 6.51. The molecule has 0 radical (unpaired) electrons. The zero-order chi connectivity index (χ0) is 36.0. The maximum Gasteiger partial charge on any atom is 0.227 e. The van der Waals surface area contributed by atoms with E-state index in [0.717, 1.165) is 71.3 Å². The lowest BCUT2D eigenvalue weighted by Gasteiger charge is -2.11. The minimum atomic E-state index is 0.575. The van der Waals surface area contributed by atoms with Gasteiger partial charge in [-0.25, -0.2) is 19.9 Å². The van der Waals surface area contributed by atoms with E-state index in [2.05, 4.69) is 109 Å². The molecule has 55 heavy (non-hydrogen) atoms. The monoisotopic (exact) mass is 722 g/mol. The molecule has 0 aliphatic rings. The molecule has 4 aromatic heterocycles. The molecule has 8 aromatic carbocycles. The third-order valence-corrected chi connectivity index (χ3v) is 11.7. The summed E-state index contributed by atoms with van der Waals surface area (Å²) in [7, 11) is 0. The van der Waals surface area contributed by atoms with E-state index < -0.39 is 0 Å². The van der Waals surface area contributed by atoms with Crippen molar-refractivity contribution in [1.29, 1.82) is 0 Å². The number of nitrogens with zero attached hydrogens (tertiary/aromatic N) is 4. The first-order chi connectivity index (χ1) is 27.2. The number of benzene rings is 8. The van der Waals surface area contributed by atoms with E-state index in [1.165, 1.54) is 20.2 Å². The molecule has 4 heterocycles. The van der Waals surface area contributed by atoms with Gasteiger partial charge in [0.1, 0.15) is 16.7 Å². The average molecular weight is 723 g/mol. The van der Waals surface area contributed by atoms with E-state index in [9.17, 15) is 0 Å². The van der Waals surface area contributed by atoms with Crippen molar-refractivity contribution in [2.75, 3.05) is 0 Å². The molecule has 0 aliphatic heterocycles. The molecule has 6 nitrogen and oxygen atoms in total. The van der Waals surface area contributed by atoms with Gasteiger partial charge in [0.25, 0.3) is 0 Å². The van der Waals surface area contributed by atoms with Crippen LogP contribution in [0.2, 0.25) is 0 Å². The smallest absolute Gasteiger partial charge is 0.227 e. The van der Waals surface area contributed by atoms with Gasteiger partial charge in [0, 0.05) is 47.8 Å². The molecule has 0 aliphatic carbocycles. The van der Waals surface area contributed by atoms with E-state index in [1.807, 2.05) is 48.5 Å². The second-order valence-corrected chi connectivity index (χ2v) is 14.9. The van der Waals surface area contributed by atoms with Gasteiger partial charge in [-0.05, 0) is 82.2 Å². The van der Waals surface area contributed by atoms with E-state index in [4.69, 9.17) is 28.8 Å². The van der Waals surface area contributed by atoms with Gasteiger partial charge in [0.05, 0.1) is 5.39 Å². The van der Waals surface area contributed by atoms with Gasteiger partial charge in [-0.3, -0.25) is 0 Å². The van der Waals surface area contributed by atoms with Crippen molar-refractivity contribution in [2.45, 2.75) is 0 Å². The van der Waals surface area contributed by atoms with Crippen LogP contribution in [-0.4, -0.2) is 19.9 Å². The summed E-state index contributed by atoms with van der Waals surface area (Å²) in [5.74, 6) is 2.40. The second kappa shape index (κ2) is 11.6. The first-order valence-corrected chi connectivity index (χ1v) is 18.9. The highest BCUT2D eigenvalue weighted by Gasteiger charge is 2.20. The SMILES string of the molecule is c1ccc(-c2nc3ccc4oc5ccc6ccc(-c7nc(-c8ccc9sc%10ccccc%10c9c8)nc(-c8cccc9ccccc89)n7)cc6c5c4c3o2)cc1. The quantitative estimate of drug-likeness (QED) is 0.180. The Morgan fingerprint density at radius 2 is 1.05 bits per heavy atom. The fourth-order valence-electron chi connectivity index (χ4n) is 7.94. The highest BCUT2D eigenvalue weighted by Crippen LogP contribution is 2.42. The average Bonchev–Trinajstić information content (AvgIpc) is 3.97. The van der Waals surface area contributed by atoms with Crippen LogP contribution >= 0.6 is 11.3 Å². The summed E-state index contributed by atoms with van der Waals surface area (Å²) in [6.45, 7) is 0.